The molecule has 2 rings (SSSR count). The molecule has 18 heavy (non-hydrogen) atoms. The number of carbonyl (C=O) groups is 1. The van der Waals surface area contributed by atoms with Crippen molar-refractivity contribution in [2.45, 2.75) is 6.42 Å². The smallest absolute Gasteiger partial charge is 0.207 e. The van der Waals surface area contributed by atoms with E-state index in [1.54, 1.807) is 6.33 Å². The van der Waals surface area contributed by atoms with Crippen LogP contribution in [0.25, 0.3) is 10.9 Å². The molecule has 0 unspecified atom stereocenters. The van der Waals surface area contributed by atoms with Crippen molar-refractivity contribution in [3.63, 3.8) is 0 Å². The monoisotopic (exact) mass is 308 g/mol. The Morgan fingerprint density at radius 2 is 2.17 bits per heavy atom. The van der Waals surface area contributed by atoms with Crippen LogP contribution in [-0.2, 0) is 4.79 Å². The Kier molecular flexibility index (Phi) is 4.46. The summed E-state index contributed by atoms with van der Waals surface area (Å²) in [6, 6.07) is 5.88. The third-order valence-corrected chi connectivity index (χ3v) is 3.13. The first kappa shape index (κ1) is 12.8. The number of aromatic nitrogens is 2. The molecule has 0 bridgehead atoms. The van der Waals surface area contributed by atoms with Crippen molar-refractivity contribution >= 4 is 39.1 Å². The fourth-order valence-electron chi connectivity index (χ4n) is 1.65. The standard InChI is InChI=1S/C12H13BrN4O/c13-10-4-1-3-9-11(10)16-7-17-12(9)15-6-2-5-14-8-18/h1,3-4,7-8H,2,5-6H2,(H,14,18)(H,15,16,17). The number of rotatable bonds is 6. The van der Waals surface area contributed by atoms with E-state index in [2.05, 4.69) is 36.5 Å². The lowest BCUT2D eigenvalue weighted by Gasteiger charge is -2.08. The zero-order chi connectivity index (χ0) is 12.8. The number of anilines is 1. The minimum Gasteiger partial charge on any atom is -0.369 e. The molecule has 0 aliphatic carbocycles. The van der Waals surface area contributed by atoms with Gasteiger partial charge < -0.3 is 10.6 Å². The van der Waals surface area contributed by atoms with E-state index >= 15 is 0 Å². The van der Waals surface area contributed by atoms with E-state index in [1.165, 1.54) is 0 Å². The number of amides is 1. The molecule has 1 heterocycles. The molecule has 6 heteroatoms. The molecule has 94 valence electrons. The quantitative estimate of drug-likeness (QED) is 0.632. The van der Waals surface area contributed by atoms with Crippen LogP contribution in [0.2, 0.25) is 0 Å². The van der Waals surface area contributed by atoms with Gasteiger partial charge in [0.25, 0.3) is 0 Å². The lowest BCUT2D eigenvalue weighted by atomic mass is 10.2. The van der Waals surface area contributed by atoms with Gasteiger partial charge in [-0.05, 0) is 34.5 Å². The van der Waals surface area contributed by atoms with E-state index in [-0.39, 0.29) is 0 Å². The highest BCUT2D eigenvalue weighted by Crippen LogP contribution is 2.25. The first-order chi connectivity index (χ1) is 8.83. The van der Waals surface area contributed by atoms with Crippen LogP contribution >= 0.6 is 15.9 Å². The van der Waals surface area contributed by atoms with Crippen molar-refractivity contribution in [3.05, 3.63) is 29.0 Å². The molecule has 0 atom stereocenters. The van der Waals surface area contributed by atoms with Crippen molar-refractivity contribution in [1.29, 1.82) is 0 Å². The zero-order valence-corrected chi connectivity index (χ0v) is 11.3. The van der Waals surface area contributed by atoms with Gasteiger partial charge in [-0.15, -0.1) is 0 Å². The number of carbonyl (C=O) groups excluding carboxylic acids is 1. The minimum atomic E-state index is 0.656. The summed E-state index contributed by atoms with van der Waals surface area (Å²) in [4.78, 5) is 18.6. The van der Waals surface area contributed by atoms with Gasteiger partial charge in [0.05, 0.1) is 5.52 Å². The van der Waals surface area contributed by atoms with E-state index in [9.17, 15) is 4.79 Å². The molecular weight excluding hydrogens is 296 g/mol. The first-order valence-corrected chi connectivity index (χ1v) is 6.42. The van der Waals surface area contributed by atoms with Crippen molar-refractivity contribution in [1.82, 2.24) is 15.3 Å². The summed E-state index contributed by atoms with van der Waals surface area (Å²) in [5.41, 5.74) is 0.890. The van der Waals surface area contributed by atoms with E-state index in [0.717, 1.165) is 34.2 Å². The Bertz CT molecular complexity index is 547. The number of halogens is 1. The van der Waals surface area contributed by atoms with E-state index in [4.69, 9.17) is 0 Å². The lowest BCUT2D eigenvalue weighted by Crippen LogP contribution is -2.16. The van der Waals surface area contributed by atoms with Gasteiger partial charge in [0.15, 0.2) is 0 Å². The number of nitrogens with one attached hydrogen (secondary N) is 2. The minimum absolute atomic E-state index is 0.656. The average molecular weight is 309 g/mol. The maximum absolute atomic E-state index is 10.1. The second-order valence-electron chi connectivity index (χ2n) is 3.71. The third kappa shape index (κ3) is 2.95. The largest absolute Gasteiger partial charge is 0.369 e. The predicted molar refractivity (Wildman–Crippen MR) is 74.4 cm³/mol. The van der Waals surface area contributed by atoms with Gasteiger partial charge in [-0.3, -0.25) is 4.79 Å². The number of fused-ring (bicyclic) bond motifs is 1. The van der Waals surface area contributed by atoms with Gasteiger partial charge in [-0.25, -0.2) is 9.97 Å². The Morgan fingerprint density at radius 1 is 1.28 bits per heavy atom. The molecule has 0 saturated carbocycles. The van der Waals surface area contributed by atoms with Gasteiger partial charge in [-0.2, -0.15) is 0 Å². The fraction of sp³-hybridized carbons (Fsp3) is 0.250. The van der Waals surface area contributed by atoms with E-state index in [1.807, 2.05) is 18.2 Å². The van der Waals surface area contributed by atoms with Gasteiger partial charge >= 0.3 is 0 Å². The van der Waals surface area contributed by atoms with Gasteiger partial charge in [-0.1, -0.05) is 6.07 Å². The van der Waals surface area contributed by atoms with Crippen LogP contribution in [0.1, 0.15) is 6.42 Å². The number of para-hydroxylation sites is 1. The first-order valence-electron chi connectivity index (χ1n) is 5.63. The van der Waals surface area contributed by atoms with Crippen molar-refractivity contribution in [2.24, 2.45) is 0 Å². The van der Waals surface area contributed by atoms with Crippen LogP contribution < -0.4 is 10.6 Å². The lowest BCUT2D eigenvalue weighted by molar-refractivity contribution is -0.109. The molecule has 0 radical (unpaired) electrons. The molecule has 0 spiro atoms. The molecular formula is C12H13BrN4O. The van der Waals surface area contributed by atoms with Crippen molar-refractivity contribution in [2.75, 3.05) is 18.4 Å². The highest BCUT2D eigenvalue weighted by Gasteiger charge is 2.04. The summed E-state index contributed by atoms with van der Waals surface area (Å²) >= 11 is 3.47. The van der Waals surface area contributed by atoms with Crippen molar-refractivity contribution < 1.29 is 4.79 Å². The van der Waals surface area contributed by atoms with Crippen LogP contribution in [0, 0.1) is 0 Å². The Morgan fingerprint density at radius 3 is 3.00 bits per heavy atom. The third-order valence-electron chi connectivity index (χ3n) is 2.49. The molecule has 0 aliphatic rings. The summed E-state index contributed by atoms with van der Waals surface area (Å²) in [5.74, 6) is 0.812. The van der Waals surface area contributed by atoms with Gasteiger partial charge in [0.1, 0.15) is 12.1 Å². The normalized spacial score (nSPS) is 10.3. The van der Waals surface area contributed by atoms with Crippen LogP contribution in [0.3, 0.4) is 0 Å². The molecule has 0 saturated heterocycles. The van der Waals surface area contributed by atoms with Gasteiger partial charge in [0.2, 0.25) is 6.41 Å². The molecule has 5 nitrogen and oxygen atoms in total. The van der Waals surface area contributed by atoms with E-state index in [0.29, 0.717) is 13.0 Å². The molecule has 1 aromatic heterocycles. The van der Waals surface area contributed by atoms with Crippen LogP contribution in [-0.4, -0.2) is 29.5 Å². The maximum atomic E-state index is 10.1. The van der Waals surface area contributed by atoms with Gasteiger partial charge in [0, 0.05) is 22.9 Å². The summed E-state index contributed by atoms with van der Waals surface area (Å²) in [6.07, 6.45) is 3.09. The molecule has 1 aromatic carbocycles. The second kappa shape index (κ2) is 6.30. The summed E-state index contributed by atoms with van der Waals surface area (Å²) < 4.78 is 0.952. The second-order valence-corrected chi connectivity index (χ2v) is 4.56. The van der Waals surface area contributed by atoms with Crippen molar-refractivity contribution in [3.8, 4) is 0 Å². The summed E-state index contributed by atoms with van der Waals surface area (Å²) in [7, 11) is 0. The fourth-order valence-corrected chi connectivity index (χ4v) is 2.12. The predicted octanol–water partition coefficient (Wildman–Crippen LogP) is 1.94. The zero-order valence-electron chi connectivity index (χ0n) is 9.69. The molecule has 0 fully saturated rings. The highest BCUT2D eigenvalue weighted by atomic mass is 79.9. The van der Waals surface area contributed by atoms with Crippen LogP contribution in [0.5, 0.6) is 0 Å². The molecule has 1 amide bonds. The van der Waals surface area contributed by atoms with E-state index < -0.39 is 0 Å². The van der Waals surface area contributed by atoms with Crippen LogP contribution in [0.15, 0.2) is 29.0 Å². The Labute approximate surface area is 113 Å². The molecule has 2 N–H and O–H groups in total. The SMILES string of the molecule is O=CNCCCNc1ncnc2c(Br)cccc12. The number of hydrogen-bond acceptors (Lipinski definition) is 4. The number of benzene rings is 1. The summed E-state index contributed by atoms with van der Waals surface area (Å²) in [5, 5.41) is 6.85. The molecule has 2 aromatic rings. The van der Waals surface area contributed by atoms with Crippen LogP contribution in [0.4, 0.5) is 5.82 Å². The Balaban J connectivity index is 2.09. The highest BCUT2D eigenvalue weighted by molar-refractivity contribution is 9.10. The average Bonchev–Trinajstić information content (AvgIpc) is 2.39. The maximum Gasteiger partial charge on any atom is 0.207 e. The topological polar surface area (TPSA) is 66.9 Å². The number of nitrogens with zero attached hydrogens (tertiary/aromatic N) is 2. The number of hydrogen-bond donors (Lipinski definition) is 2. The molecule has 0 aliphatic heterocycles. The summed E-state index contributed by atoms with van der Waals surface area (Å²) in [6.45, 7) is 1.41. The Hall–Kier alpha value is -1.69.